The van der Waals surface area contributed by atoms with Gasteiger partial charge in [-0.15, -0.1) is 0 Å². The molecular formula is C12H17B5ClNO. The molecule has 0 saturated carbocycles. The van der Waals surface area contributed by atoms with Crippen molar-refractivity contribution in [1.29, 1.82) is 0 Å². The summed E-state index contributed by atoms with van der Waals surface area (Å²) in [6.45, 7) is 0. The fraction of sp³-hybridized carbons (Fsp3) is 0.250. The summed E-state index contributed by atoms with van der Waals surface area (Å²) in [5, 5.41) is -0.123. The van der Waals surface area contributed by atoms with Gasteiger partial charge in [0.25, 0.3) is 0 Å². The van der Waals surface area contributed by atoms with Crippen molar-refractivity contribution < 1.29 is 4.79 Å². The van der Waals surface area contributed by atoms with Crippen molar-refractivity contribution in [3.05, 3.63) is 46.4 Å². The second-order valence-corrected chi connectivity index (χ2v) is 7.20. The molecule has 1 aliphatic carbocycles. The molecule has 1 aromatic rings. The highest BCUT2D eigenvalue weighted by Crippen LogP contribution is 2.58. The lowest BCUT2D eigenvalue weighted by molar-refractivity contribution is -0.121. The molecule has 0 saturated heterocycles. The lowest BCUT2D eigenvalue weighted by Gasteiger charge is -2.56. The van der Waals surface area contributed by atoms with Gasteiger partial charge in [0.2, 0.25) is 0 Å². The first-order chi connectivity index (χ1) is 9.05. The Balaban J connectivity index is 2.80. The molecule has 8 heteroatoms. The number of benzene rings is 1. The zero-order valence-electron chi connectivity index (χ0n) is 12.8. The molecule has 1 aliphatic rings. The van der Waals surface area contributed by atoms with Crippen molar-refractivity contribution >= 4 is 56.6 Å². The topological polar surface area (TPSA) is 43.1 Å². The lowest BCUT2D eigenvalue weighted by Crippen LogP contribution is -2.62. The third-order valence-corrected chi connectivity index (χ3v) is 5.52. The molecule has 1 aromatic carbocycles. The number of nitrogens with two attached hydrogens (primary N) is 1. The molecule has 2 N–H and O–H groups in total. The second-order valence-electron chi connectivity index (χ2n) is 6.79. The average Bonchev–Trinajstić information content (AvgIpc) is 2.35. The predicted octanol–water partition coefficient (Wildman–Crippen LogP) is -2.64. The summed E-state index contributed by atoms with van der Waals surface area (Å²) >= 11 is 6.33. The number of ketones is 1. The van der Waals surface area contributed by atoms with Crippen LogP contribution in [0, 0.1) is 0 Å². The maximum atomic E-state index is 12.9. The third kappa shape index (κ3) is 1.87. The minimum Gasteiger partial charge on any atom is -0.316 e. The van der Waals surface area contributed by atoms with Crippen molar-refractivity contribution in [1.82, 2.24) is 0 Å². The van der Waals surface area contributed by atoms with Gasteiger partial charge in [0.05, 0.1) is 5.54 Å². The Morgan fingerprint density at radius 3 is 2.20 bits per heavy atom. The Labute approximate surface area is 129 Å². The smallest absolute Gasteiger partial charge is 0.172 e. The van der Waals surface area contributed by atoms with Crippen LogP contribution in [0.2, 0.25) is 15.5 Å². The highest BCUT2D eigenvalue weighted by atomic mass is 35.5. The van der Waals surface area contributed by atoms with Crippen LogP contribution in [0.4, 0.5) is 0 Å². The molecule has 20 heavy (non-hydrogen) atoms. The van der Waals surface area contributed by atoms with E-state index in [1.807, 2.05) is 47.8 Å². The van der Waals surface area contributed by atoms with Gasteiger partial charge >= 0.3 is 0 Å². The molecule has 1 atom stereocenters. The van der Waals surface area contributed by atoms with Gasteiger partial charge in [-0.25, -0.2) is 0 Å². The van der Waals surface area contributed by atoms with Crippen molar-refractivity contribution in [2.75, 3.05) is 0 Å². The zero-order valence-corrected chi connectivity index (χ0v) is 13.5. The predicted molar refractivity (Wildman–Crippen MR) is 98.5 cm³/mol. The molecular weight excluding hydrogens is 264 g/mol. The van der Waals surface area contributed by atoms with E-state index in [4.69, 9.17) is 17.3 Å². The molecule has 98 valence electrons. The fourth-order valence-electron chi connectivity index (χ4n) is 3.13. The van der Waals surface area contributed by atoms with Gasteiger partial charge in [-0.05, 0) is 17.1 Å². The van der Waals surface area contributed by atoms with Gasteiger partial charge in [-0.1, -0.05) is 46.3 Å². The van der Waals surface area contributed by atoms with Crippen LogP contribution >= 0.6 is 11.6 Å². The van der Waals surface area contributed by atoms with Crippen LogP contribution in [-0.2, 0) is 10.3 Å². The van der Waals surface area contributed by atoms with E-state index in [-0.39, 0.29) is 11.0 Å². The molecule has 0 aromatic heterocycles. The quantitative estimate of drug-likeness (QED) is 0.572. The minimum atomic E-state index is -1.12. The maximum absolute atomic E-state index is 12.9. The van der Waals surface area contributed by atoms with E-state index in [9.17, 15) is 4.79 Å². The van der Waals surface area contributed by atoms with Gasteiger partial charge in [0.1, 0.15) is 39.2 Å². The Bertz CT molecular complexity index is 616. The number of Topliss-reactive ketones (excluding diaryl/α,β-unsaturated/α-hetero) is 1. The monoisotopic (exact) mass is 281 g/mol. The number of halogens is 1. The van der Waals surface area contributed by atoms with Crippen LogP contribution in [0.25, 0.3) is 0 Å². The summed E-state index contributed by atoms with van der Waals surface area (Å²) in [5.74, 6) is -0.0464. The zero-order chi connectivity index (χ0) is 15.3. The fourth-order valence-corrected chi connectivity index (χ4v) is 3.42. The molecule has 0 bridgehead atoms. The van der Waals surface area contributed by atoms with E-state index in [2.05, 4.69) is 15.7 Å². The summed E-state index contributed by atoms with van der Waals surface area (Å²) in [6.07, 6.45) is 2.03. The molecule has 0 heterocycles. The number of rotatable bonds is 1. The van der Waals surface area contributed by atoms with Crippen molar-refractivity contribution in [2.24, 2.45) is 5.73 Å². The molecule has 0 spiro atoms. The maximum Gasteiger partial charge on any atom is 0.172 e. The van der Waals surface area contributed by atoms with Crippen molar-refractivity contribution in [3.8, 4) is 0 Å². The summed E-state index contributed by atoms with van der Waals surface area (Å²) in [6, 6.07) is 7.37. The van der Waals surface area contributed by atoms with E-state index in [1.54, 1.807) is 6.07 Å². The highest BCUT2D eigenvalue weighted by Gasteiger charge is 2.57. The Morgan fingerprint density at radius 1 is 1.10 bits per heavy atom. The van der Waals surface area contributed by atoms with Gasteiger partial charge in [0.15, 0.2) is 5.78 Å². The van der Waals surface area contributed by atoms with Gasteiger partial charge in [-0.2, -0.15) is 0 Å². The summed E-state index contributed by atoms with van der Waals surface area (Å²) < 4.78 is 0. The van der Waals surface area contributed by atoms with E-state index in [0.717, 1.165) is 0 Å². The van der Waals surface area contributed by atoms with Crippen LogP contribution in [0.1, 0.15) is 5.56 Å². The Hall–Kier alpha value is -0.795. The standard InChI is InChI=1S/C12H17B5ClNO/c13-7-5-10(14,15)12(16,17)11(19,9(7)20)6-3-1-2-4-8(6)18/h1-5H,13-17,19H2. The molecule has 0 fully saturated rings. The average molecular weight is 281 g/mol. The van der Waals surface area contributed by atoms with Gasteiger partial charge < -0.3 is 5.73 Å². The molecule has 0 aliphatic heterocycles. The van der Waals surface area contributed by atoms with Gasteiger partial charge in [-0.3, -0.25) is 4.79 Å². The molecule has 2 nitrogen and oxygen atoms in total. The molecule has 0 radical (unpaired) electrons. The highest BCUT2D eigenvalue weighted by molar-refractivity contribution is 6.59. The van der Waals surface area contributed by atoms with E-state index in [1.165, 1.54) is 0 Å². The lowest BCUT2D eigenvalue weighted by atomic mass is 9.22. The van der Waals surface area contributed by atoms with Crippen LogP contribution in [-0.4, -0.2) is 45.0 Å². The third-order valence-electron chi connectivity index (χ3n) is 5.19. The second kappa shape index (κ2) is 4.61. The SMILES string of the molecule is BC1=CC(B)(B)C(B)(B)C(N)(c2ccccc2Cl)C1=O. The van der Waals surface area contributed by atoms with Crippen LogP contribution in [0.5, 0.6) is 0 Å². The summed E-state index contributed by atoms with van der Waals surface area (Å²) in [4.78, 5) is 12.9. The Kier molecular flexibility index (Phi) is 3.59. The van der Waals surface area contributed by atoms with E-state index >= 15 is 0 Å². The van der Waals surface area contributed by atoms with E-state index in [0.29, 0.717) is 16.1 Å². The molecule has 2 rings (SSSR count). The van der Waals surface area contributed by atoms with Crippen molar-refractivity contribution in [3.63, 3.8) is 0 Å². The number of carbonyl (C=O) groups excluding carboxylic acids is 1. The molecule has 1 unspecified atom stereocenters. The van der Waals surface area contributed by atoms with E-state index < -0.39 is 10.8 Å². The normalized spacial score (nSPS) is 27.9. The first-order valence-electron chi connectivity index (χ1n) is 6.84. The number of carbonyl (C=O) groups is 1. The number of hydrogen-bond donors (Lipinski definition) is 1. The van der Waals surface area contributed by atoms with Crippen molar-refractivity contribution in [2.45, 2.75) is 16.0 Å². The first kappa shape index (κ1) is 15.6. The van der Waals surface area contributed by atoms with Crippen LogP contribution < -0.4 is 5.73 Å². The largest absolute Gasteiger partial charge is 0.316 e. The Morgan fingerprint density at radius 2 is 1.65 bits per heavy atom. The van der Waals surface area contributed by atoms with Crippen LogP contribution in [0.3, 0.4) is 0 Å². The summed E-state index contributed by atoms with van der Waals surface area (Å²) in [5.41, 5.74) is 6.99. The number of allylic oxidation sites excluding steroid dienone is 1. The summed E-state index contributed by atoms with van der Waals surface area (Å²) in [7, 11) is 10.1. The first-order valence-corrected chi connectivity index (χ1v) is 7.21. The van der Waals surface area contributed by atoms with Gasteiger partial charge in [0, 0.05) is 5.02 Å². The molecule has 0 amide bonds. The minimum absolute atomic E-state index is 0.0464. The number of hydrogen-bond acceptors (Lipinski definition) is 2. The van der Waals surface area contributed by atoms with Crippen LogP contribution in [0.15, 0.2) is 35.8 Å².